The van der Waals surface area contributed by atoms with Gasteiger partial charge in [0.25, 0.3) is 17.4 Å². The zero-order chi connectivity index (χ0) is 110. The fourth-order valence-corrected chi connectivity index (χ4v) is 19.7. The highest BCUT2D eigenvalue weighted by molar-refractivity contribution is 5.79. The van der Waals surface area contributed by atoms with Crippen molar-refractivity contribution < 1.29 is 237 Å². The number of amides is 5. The summed E-state index contributed by atoms with van der Waals surface area (Å²) >= 11 is 0. The third kappa shape index (κ3) is 35.7. The molecule has 5 amide bonds. The third-order valence-electron chi connectivity index (χ3n) is 28.3. The molecule has 0 saturated carbocycles. The normalized spacial score (nSPS) is 35.7. The molecule has 0 radical (unpaired) electrons. The van der Waals surface area contributed by atoms with Crippen molar-refractivity contribution in [2.45, 2.75) is 491 Å². The topological polar surface area (TPSA) is 852 Å². The predicted octanol–water partition coefficient (Wildman–Crippen LogP) is -7.64. The van der Waals surface area contributed by atoms with Crippen LogP contribution >= 0.6 is 0 Å². The number of ether oxygens (including phenoxy) is 14. The zero-order valence-electron chi connectivity index (χ0n) is 85.0. The summed E-state index contributed by atoms with van der Waals surface area (Å²) in [5.41, 5.74) is 0. The van der Waals surface area contributed by atoms with E-state index in [0.717, 1.165) is 111 Å². The molecule has 0 bridgehead atoms. The number of aliphatic hydroxyl groups is 23. The summed E-state index contributed by atoms with van der Waals surface area (Å²) in [6, 6.07) is -9.64. The van der Waals surface area contributed by atoms with Crippen molar-refractivity contribution in [2.75, 3.05) is 52.9 Å². The van der Waals surface area contributed by atoms with Crippen molar-refractivity contribution in [2.24, 2.45) is 5.92 Å². The summed E-state index contributed by atoms with van der Waals surface area (Å²) in [6.45, 7) is -0.0948. The van der Waals surface area contributed by atoms with Crippen molar-refractivity contribution in [3.05, 3.63) is 0 Å². The fourth-order valence-electron chi connectivity index (χ4n) is 19.7. The van der Waals surface area contributed by atoms with Crippen LogP contribution in [-0.2, 0) is 105 Å². The molecule has 0 aromatic heterocycles. The van der Waals surface area contributed by atoms with Crippen LogP contribution in [0.3, 0.4) is 0 Å². The van der Waals surface area contributed by atoms with E-state index >= 15 is 0 Å². The van der Waals surface area contributed by atoms with Crippen LogP contribution in [0.2, 0.25) is 0 Å². The van der Waals surface area contributed by atoms with Crippen molar-refractivity contribution in [3.63, 3.8) is 0 Å². The number of aliphatic hydroxyl groups excluding tert-OH is 23. The molecule has 148 heavy (non-hydrogen) atoms. The number of nitrogens with one attached hydrogen (secondary N) is 5. The number of carboxylic acids is 3. The number of rotatable bonds is 66. The lowest BCUT2D eigenvalue weighted by atomic mass is 9.87. The monoisotopic (exact) mass is 2150 g/mol. The van der Waals surface area contributed by atoms with Gasteiger partial charge in [0.2, 0.25) is 29.5 Å². The van der Waals surface area contributed by atoms with E-state index in [0.29, 0.717) is 18.8 Å². The Morgan fingerprint density at radius 3 is 1.14 bits per heavy atom. The molecule has 7 saturated heterocycles. The first-order chi connectivity index (χ1) is 70.2. The standard InChI is InChI=1S/C95H167N5O48/c1-8-10-11-12-13-14-15-16-17-18-19-20-25-28-31-34-63(118)100-51(68(119)52(112)33-30-27-24-22-21-23-26-29-32-46(3)9-2)45-135-87-75(126)74(125)78(61(43-106)139-87)141-89-76(127)84(73(124)60(42-105)138-89)142-86-67(99-50(7)111)83(72(123)58(40-103)136-86)147-94(91(131)132)36-55(115)66(98-49(6)110)82(146-94)71(122)59(41-104)137-88-77(128)85(148-95(92(133)134)37-54(114)65(97-48(5)109)81(145-95)70(121)57(117)39-102)79(62(44-107)140-88)143-93(90(129)130)35-53(113)64(96-47(4)108)80(144-93)69(120)56(116)38-101/h46,51-62,64-89,101-107,112-117,119-128H,8-45H2,1-7H3,(H,96,108)(H,97,109)(H,98,110)(H,99,111)(H,100,118)(H,129,130)(H,131,132)(H,133,134). The fraction of sp³-hybridized carbons (Fsp3) is 0.916. The minimum absolute atomic E-state index is 0.0435. The van der Waals surface area contributed by atoms with E-state index in [1.54, 1.807) is 0 Å². The van der Waals surface area contributed by atoms with E-state index in [1.807, 2.05) is 0 Å². The maximum Gasteiger partial charge on any atom is 0.364 e. The van der Waals surface area contributed by atoms with Crippen molar-refractivity contribution >= 4 is 47.4 Å². The molecule has 7 aliphatic heterocycles. The van der Waals surface area contributed by atoms with Gasteiger partial charge in [0.05, 0.1) is 101 Å². The second kappa shape index (κ2) is 62.9. The van der Waals surface area contributed by atoms with Gasteiger partial charge in [0.1, 0.15) is 159 Å². The van der Waals surface area contributed by atoms with Gasteiger partial charge in [0, 0.05) is 53.4 Å². The zero-order valence-corrected chi connectivity index (χ0v) is 85.0. The largest absolute Gasteiger partial charge is 0.477 e. The highest BCUT2D eigenvalue weighted by atomic mass is 16.8. The van der Waals surface area contributed by atoms with Gasteiger partial charge in [-0.05, 0) is 18.8 Å². The molecule has 7 aliphatic rings. The number of carboxylic acid groups (broad SMARTS) is 3. The molecule has 0 aromatic carbocycles. The van der Waals surface area contributed by atoms with Crippen LogP contribution in [0.15, 0.2) is 0 Å². The Morgan fingerprint density at radius 2 is 0.723 bits per heavy atom. The first-order valence-corrected chi connectivity index (χ1v) is 51.7. The number of carbonyl (C=O) groups is 8. The van der Waals surface area contributed by atoms with Gasteiger partial charge in [0.15, 0.2) is 25.2 Å². The SMILES string of the molecule is CCCCCCCCCCCCCCCCCC(=O)NC(COC1OC(CO)C(OC2OC(CO)C(O)C(OC3OC(CO)C(O)C(OC4(C(=O)O)CC(O)C(NC(C)=O)C(C(O)C(CO)OC5OC(CO)C(OC6(C(=O)O)CC(O)C(NC(C)=O)C(C(O)C(O)CO)O6)C(OC6(C(=O)O)CC(O)C(NC(C)=O)C(C(O)C(O)CO)O6)C5O)O4)C3NC(C)=O)C2O)C(O)C1O)C(O)C(O)CCCCCCCCCCC(C)CC. The molecule has 0 aliphatic carbocycles. The van der Waals surface area contributed by atoms with Gasteiger partial charge in [-0.3, -0.25) is 24.0 Å². The summed E-state index contributed by atoms with van der Waals surface area (Å²) in [7, 11) is 0. The minimum atomic E-state index is -3.68. The second-order valence-electron chi connectivity index (χ2n) is 39.9. The molecule has 0 aromatic rings. The lowest BCUT2D eigenvalue weighted by molar-refractivity contribution is -0.404. The summed E-state index contributed by atoms with van der Waals surface area (Å²) in [6.07, 6.45) is -55.1. The Bertz CT molecular complexity index is 3920. The van der Waals surface area contributed by atoms with Crippen LogP contribution in [-0.4, -0.2) is 483 Å². The highest BCUT2D eigenvalue weighted by Gasteiger charge is 2.67. The molecular weight excluding hydrogens is 1980 g/mol. The van der Waals surface area contributed by atoms with Crippen molar-refractivity contribution in [1.29, 1.82) is 0 Å². The summed E-state index contributed by atoms with van der Waals surface area (Å²) < 4.78 is 83.6. The summed E-state index contributed by atoms with van der Waals surface area (Å²) in [4.78, 5) is 108. The quantitative estimate of drug-likeness (QED) is 0.0252. The molecule has 31 N–H and O–H groups in total. The highest BCUT2D eigenvalue weighted by Crippen LogP contribution is 2.46. The van der Waals surface area contributed by atoms with Crippen LogP contribution in [0.4, 0.5) is 0 Å². The van der Waals surface area contributed by atoms with E-state index in [2.05, 4.69) is 47.4 Å². The Labute approximate surface area is 857 Å². The van der Waals surface area contributed by atoms with Crippen molar-refractivity contribution in [3.8, 4) is 0 Å². The van der Waals surface area contributed by atoms with Gasteiger partial charge < -0.3 is 226 Å². The van der Waals surface area contributed by atoms with Gasteiger partial charge in [-0.2, -0.15) is 0 Å². The van der Waals surface area contributed by atoms with E-state index in [-0.39, 0.29) is 12.8 Å². The average molecular weight is 2150 g/mol. The van der Waals surface area contributed by atoms with Gasteiger partial charge in [-0.15, -0.1) is 0 Å². The maximum atomic E-state index is 14.3. The van der Waals surface area contributed by atoms with Crippen LogP contribution in [0.1, 0.15) is 241 Å². The van der Waals surface area contributed by atoms with Crippen LogP contribution in [0.5, 0.6) is 0 Å². The van der Waals surface area contributed by atoms with Crippen LogP contribution < -0.4 is 26.6 Å². The van der Waals surface area contributed by atoms with Crippen LogP contribution in [0, 0.1) is 5.92 Å². The summed E-state index contributed by atoms with van der Waals surface area (Å²) in [5.74, 6) is -22.0. The van der Waals surface area contributed by atoms with E-state index in [9.17, 15) is 171 Å². The van der Waals surface area contributed by atoms with E-state index in [1.165, 1.54) is 64.2 Å². The van der Waals surface area contributed by atoms with Gasteiger partial charge >= 0.3 is 17.9 Å². The molecule has 7 fully saturated rings. The summed E-state index contributed by atoms with van der Waals surface area (Å²) in [5, 5.41) is 309. The lowest BCUT2D eigenvalue weighted by Crippen LogP contribution is -2.73. The number of hydrogen-bond acceptors (Lipinski definition) is 45. The number of carbonyl (C=O) groups excluding carboxylic acids is 5. The van der Waals surface area contributed by atoms with Gasteiger partial charge in [-0.25, -0.2) is 14.4 Å². The molecular formula is C95H167N5O48. The smallest absolute Gasteiger partial charge is 0.364 e. The molecule has 53 heteroatoms. The Kier molecular flexibility index (Phi) is 54.9. The number of unbranched alkanes of at least 4 members (excludes halogenated alkanes) is 21. The molecule has 0 spiro atoms. The Morgan fingerprint density at radius 1 is 0.365 bits per heavy atom. The molecule has 7 heterocycles. The number of hydrogen-bond donors (Lipinski definition) is 31. The molecule has 860 valence electrons. The lowest BCUT2D eigenvalue weighted by Gasteiger charge is -2.53. The predicted molar refractivity (Wildman–Crippen MR) is 503 cm³/mol. The third-order valence-corrected chi connectivity index (χ3v) is 28.3. The van der Waals surface area contributed by atoms with Crippen LogP contribution in [0.25, 0.3) is 0 Å². The van der Waals surface area contributed by atoms with Gasteiger partial charge in [-0.1, -0.05) is 175 Å². The Hall–Kier alpha value is -5.72. The minimum Gasteiger partial charge on any atom is -0.477 e. The number of aliphatic carboxylic acids is 3. The first kappa shape index (κ1) is 129. The average Bonchev–Trinajstić information content (AvgIpc) is 0.728. The molecule has 42 atom stereocenters. The maximum absolute atomic E-state index is 14.3. The van der Waals surface area contributed by atoms with E-state index in [4.69, 9.17) is 66.3 Å². The van der Waals surface area contributed by atoms with E-state index < -0.39 is 369 Å². The molecule has 42 unspecified atom stereocenters. The van der Waals surface area contributed by atoms with Crippen molar-refractivity contribution in [1.82, 2.24) is 26.6 Å². The first-order valence-electron chi connectivity index (χ1n) is 51.7. The Balaban J connectivity index is 1.15. The second-order valence-corrected chi connectivity index (χ2v) is 39.9. The molecule has 53 nitrogen and oxygen atoms in total. The molecule has 7 rings (SSSR count).